The van der Waals surface area contributed by atoms with E-state index in [0.717, 1.165) is 11.1 Å². The summed E-state index contributed by atoms with van der Waals surface area (Å²) >= 11 is 0. The third-order valence-corrected chi connectivity index (χ3v) is 2.06. The van der Waals surface area contributed by atoms with Crippen LogP contribution in [0.3, 0.4) is 0 Å². The predicted octanol–water partition coefficient (Wildman–Crippen LogP) is 3.13. The van der Waals surface area contributed by atoms with Gasteiger partial charge in [0.05, 0.1) is 0 Å². The molecule has 78 valence electrons. The van der Waals surface area contributed by atoms with Gasteiger partial charge >= 0.3 is 0 Å². The van der Waals surface area contributed by atoms with Crippen molar-refractivity contribution in [2.75, 3.05) is 0 Å². The summed E-state index contributed by atoms with van der Waals surface area (Å²) in [5, 5.41) is 0. The van der Waals surface area contributed by atoms with Gasteiger partial charge in [-0.15, -0.1) is 19.0 Å². The molecular formula is C11H15ClFN. The Labute approximate surface area is 90.2 Å². The average Bonchev–Trinajstić information content (AvgIpc) is 2.09. The Morgan fingerprint density at radius 1 is 1.57 bits per heavy atom. The molecule has 1 aromatic rings. The first-order chi connectivity index (χ1) is 6.15. The van der Waals surface area contributed by atoms with Crippen molar-refractivity contribution in [3.63, 3.8) is 0 Å². The summed E-state index contributed by atoms with van der Waals surface area (Å²) in [5.41, 5.74) is 7.72. The van der Waals surface area contributed by atoms with Crippen LogP contribution in [0.15, 0.2) is 30.9 Å². The number of halogens is 2. The normalized spacial score (nSPS) is 11.6. The maximum atomic E-state index is 12.9. The maximum Gasteiger partial charge on any atom is 0.123 e. The van der Waals surface area contributed by atoms with Gasteiger partial charge in [0.2, 0.25) is 0 Å². The van der Waals surface area contributed by atoms with Crippen LogP contribution in [0.4, 0.5) is 4.39 Å². The highest BCUT2D eigenvalue weighted by Crippen LogP contribution is 2.19. The highest BCUT2D eigenvalue weighted by Gasteiger charge is 2.07. The van der Waals surface area contributed by atoms with E-state index >= 15 is 0 Å². The molecule has 0 radical (unpaired) electrons. The number of benzene rings is 1. The number of nitrogens with two attached hydrogens (primary N) is 1. The van der Waals surface area contributed by atoms with Crippen molar-refractivity contribution < 1.29 is 4.39 Å². The van der Waals surface area contributed by atoms with Crippen LogP contribution in [0.2, 0.25) is 0 Å². The zero-order chi connectivity index (χ0) is 9.84. The molecule has 0 unspecified atom stereocenters. The van der Waals surface area contributed by atoms with Crippen molar-refractivity contribution >= 4 is 12.4 Å². The quantitative estimate of drug-likeness (QED) is 0.771. The highest BCUT2D eigenvalue weighted by molar-refractivity contribution is 5.85. The number of hydrogen-bond donors (Lipinski definition) is 1. The van der Waals surface area contributed by atoms with E-state index in [0.29, 0.717) is 6.42 Å². The maximum absolute atomic E-state index is 12.9. The summed E-state index contributed by atoms with van der Waals surface area (Å²) < 4.78 is 12.9. The van der Waals surface area contributed by atoms with Crippen molar-refractivity contribution in [1.82, 2.24) is 0 Å². The van der Waals surface area contributed by atoms with Gasteiger partial charge in [-0.2, -0.15) is 0 Å². The molecule has 2 N–H and O–H groups in total. The van der Waals surface area contributed by atoms with Gasteiger partial charge in [-0.3, -0.25) is 0 Å². The molecule has 1 rings (SSSR count). The summed E-state index contributed by atoms with van der Waals surface area (Å²) in [5.74, 6) is -0.236. The van der Waals surface area contributed by atoms with Crippen LogP contribution in [0.5, 0.6) is 0 Å². The fourth-order valence-corrected chi connectivity index (χ4v) is 1.32. The van der Waals surface area contributed by atoms with Gasteiger partial charge in [-0.05, 0) is 36.6 Å². The lowest BCUT2D eigenvalue weighted by atomic mass is 9.99. The van der Waals surface area contributed by atoms with Crippen LogP contribution in [0, 0.1) is 12.7 Å². The standard InChI is InChI=1S/C11H14FN.ClH/c1-3-4-11(13)10-7-9(12)6-5-8(10)2;/h3,5-7,11H,1,4,13H2,2H3;1H/t11-;/m1./s1. The molecule has 0 fully saturated rings. The van der Waals surface area contributed by atoms with Crippen LogP contribution in [0.25, 0.3) is 0 Å². The molecule has 0 aromatic heterocycles. The molecule has 14 heavy (non-hydrogen) atoms. The van der Waals surface area contributed by atoms with Crippen molar-refractivity contribution in [3.05, 3.63) is 47.8 Å². The Hall–Kier alpha value is -0.860. The summed E-state index contributed by atoms with van der Waals surface area (Å²) in [6.45, 7) is 5.53. The monoisotopic (exact) mass is 215 g/mol. The lowest BCUT2D eigenvalue weighted by Gasteiger charge is -2.12. The minimum atomic E-state index is -0.236. The molecular weight excluding hydrogens is 201 g/mol. The van der Waals surface area contributed by atoms with Gasteiger partial charge in [0, 0.05) is 6.04 Å². The van der Waals surface area contributed by atoms with Crippen molar-refractivity contribution in [2.45, 2.75) is 19.4 Å². The zero-order valence-corrected chi connectivity index (χ0v) is 8.98. The summed E-state index contributed by atoms with van der Waals surface area (Å²) in [6, 6.07) is 4.53. The molecule has 3 heteroatoms. The molecule has 0 saturated carbocycles. The van der Waals surface area contributed by atoms with Crippen molar-refractivity contribution in [3.8, 4) is 0 Å². The molecule has 1 nitrogen and oxygen atoms in total. The zero-order valence-electron chi connectivity index (χ0n) is 8.16. The second-order valence-corrected chi connectivity index (χ2v) is 3.13. The number of hydrogen-bond acceptors (Lipinski definition) is 1. The summed E-state index contributed by atoms with van der Waals surface area (Å²) in [7, 11) is 0. The second kappa shape index (κ2) is 5.78. The van der Waals surface area contributed by atoms with Gasteiger partial charge in [0.15, 0.2) is 0 Å². The van der Waals surface area contributed by atoms with Gasteiger partial charge in [0.1, 0.15) is 5.82 Å². The van der Waals surface area contributed by atoms with Crippen LogP contribution >= 0.6 is 12.4 Å². The molecule has 0 bridgehead atoms. The van der Waals surface area contributed by atoms with Crippen LogP contribution in [-0.2, 0) is 0 Å². The predicted molar refractivity (Wildman–Crippen MR) is 60.1 cm³/mol. The highest BCUT2D eigenvalue weighted by atomic mass is 35.5. The molecule has 0 aliphatic rings. The van der Waals surface area contributed by atoms with Crippen molar-refractivity contribution in [1.29, 1.82) is 0 Å². The largest absolute Gasteiger partial charge is 0.324 e. The van der Waals surface area contributed by atoms with Gasteiger partial charge < -0.3 is 5.73 Å². The molecule has 0 heterocycles. The second-order valence-electron chi connectivity index (χ2n) is 3.13. The third-order valence-electron chi connectivity index (χ3n) is 2.06. The van der Waals surface area contributed by atoms with E-state index in [1.54, 1.807) is 12.1 Å². The van der Waals surface area contributed by atoms with E-state index < -0.39 is 0 Å². The molecule has 0 aliphatic heterocycles. The Morgan fingerprint density at radius 3 is 2.79 bits per heavy atom. The van der Waals surface area contributed by atoms with E-state index in [1.807, 2.05) is 6.92 Å². The fraction of sp³-hybridized carbons (Fsp3) is 0.273. The van der Waals surface area contributed by atoms with Gasteiger partial charge in [-0.1, -0.05) is 12.1 Å². The molecule has 0 aliphatic carbocycles. The fourth-order valence-electron chi connectivity index (χ4n) is 1.32. The van der Waals surface area contributed by atoms with E-state index in [1.165, 1.54) is 12.1 Å². The van der Waals surface area contributed by atoms with E-state index in [-0.39, 0.29) is 24.3 Å². The van der Waals surface area contributed by atoms with E-state index in [2.05, 4.69) is 6.58 Å². The first kappa shape index (κ1) is 13.1. The minimum Gasteiger partial charge on any atom is -0.324 e. The first-order valence-corrected chi connectivity index (χ1v) is 4.27. The lowest BCUT2D eigenvalue weighted by Crippen LogP contribution is -2.10. The Balaban J connectivity index is 0.00000169. The molecule has 1 aromatic carbocycles. The van der Waals surface area contributed by atoms with Crippen LogP contribution < -0.4 is 5.73 Å². The molecule has 0 saturated heterocycles. The third kappa shape index (κ3) is 3.13. The van der Waals surface area contributed by atoms with Gasteiger partial charge in [0.25, 0.3) is 0 Å². The molecule has 0 spiro atoms. The number of aryl methyl sites for hydroxylation is 1. The Bertz CT molecular complexity index is 312. The molecule has 0 amide bonds. The van der Waals surface area contributed by atoms with Crippen LogP contribution in [-0.4, -0.2) is 0 Å². The van der Waals surface area contributed by atoms with E-state index in [9.17, 15) is 4.39 Å². The van der Waals surface area contributed by atoms with E-state index in [4.69, 9.17) is 5.73 Å². The first-order valence-electron chi connectivity index (χ1n) is 4.27. The SMILES string of the molecule is C=CC[C@@H](N)c1cc(F)ccc1C.Cl. The average molecular weight is 216 g/mol. The Morgan fingerprint density at radius 2 is 2.21 bits per heavy atom. The molecule has 1 atom stereocenters. The van der Waals surface area contributed by atoms with Crippen LogP contribution in [0.1, 0.15) is 23.6 Å². The van der Waals surface area contributed by atoms with Crippen molar-refractivity contribution in [2.24, 2.45) is 5.73 Å². The minimum absolute atomic E-state index is 0. The summed E-state index contributed by atoms with van der Waals surface area (Å²) in [4.78, 5) is 0. The lowest BCUT2D eigenvalue weighted by molar-refractivity contribution is 0.618. The number of rotatable bonds is 3. The van der Waals surface area contributed by atoms with Gasteiger partial charge in [-0.25, -0.2) is 4.39 Å². The summed E-state index contributed by atoms with van der Waals surface area (Å²) in [6.07, 6.45) is 2.42. The Kier molecular flexibility index (Phi) is 5.43. The topological polar surface area (TPSA) is 26.0 Å². The smallest absolute Gasteiger partial charge is 0.123 e.